The van der Waals surface area contributed by atoms with E-state index < -0.39 is 0 Å². The average molecular weight is 315 g/mol. The fourth-order valence-electron chi connectivity index (χ4n) is 1.56. The Morgan fingerprint density at radius 2 is 2.20 bits per heavy atom. The topological polar surface area (TPSA) is 42.1 Å². The predicted molar refractivity (Wildman–Crippen MR) is 66.7 cm³/mol. The lowest BCUT2D eigenvalue weighted by Crippen LogP contribution is -2.04. The summed E-state index contributed by atoms with van der Waals surface area (Å²) in [6.45, 7) is 0. The van der Waals surface area contributed by atoms with Crippen molar-refractivity contribution in [2.24, 2.45) is 0 Å². The maximum atomic E-state index is 11.2. The van der Waals surface area contributed by atoms with Crippen LogP contribution in [-0.2, 0) is 16.0 Å². The summed E-state index contributed by atoms with van der Waals surface area (Å²) in [6, 6.07) is 7.94. The molecule has 0 saturated carbocycles. The Hall–Kier alpha value is -1.04. The van der Waals surface area contributed by atoms with Crippen LogP contribution in [0.25, 0.3) is 10.9 Å². The second kappa shape index (κ2) is 4.22. The molecule has 0 aliphatic rings. The SMILES string of the molecule is COC(=O)Cc1c(I)[nH]c2ccccc12. The van der Waals surface area contributed by atoms with Crippen molar-refractivity contribution in [3.05, 3.63) is 33.5 Å². The van der Waals surface area contributed by atoms with Crippen molar-refractivity contribution >= 4 is 39.5 Å². The minimum atomic E-state index is -0.210. The molecular weight excluding hydrogens is 305 g/mol. The van der Waals surface area contributed by atoms with E-state index in [4.69, 9.17) is 0 Å². The number of aromatic nitrogens is 1. The highest BCUT2D eigenvalue weighted by molar-refractivity contribution is 14.1. The third kappa shape index (κ3) is 1.99. The number of hydrogen-bond acceptors (Lipinski definition) is 2. The van der Waals surface area contributed by atoms with Gasteiger partial charge in [0.1, 0.15) is 0 Å². The van der Waals surface area contributed by atoms with Gasteiger partial charge in [-0.15, -0.1) is 0 Å². The van der Waals surface area contributed by atoms with Crippen molar-refractivity contribution < 1.29 is 9.53 Å². The zero-order chi connectivity index (χ0) is 10.8. The van der Waals surface area contributed by atoms with Crippen molar-refractivity contribution in [3.63, 3.8) is 0 Å². The van der Waals surface area contributed by atoms with Crippen LogP contribution >= 0.6 is 22.6 Å². The fourth-order valence-corrected chi connectivity index (χ4v) is 2.33. The molecule has 0 saturated heterocycles. The van der Waals surface area contributed by atoms with Crippen molar-refractivity contribution in [2.45, 2.75) is 6.42 Å². The Balaban J connectivity index is 2.49. The van der Waals surface area contributed by atoms with E-state index in [2.05, 4.69) is 32.3 Å². The quantitative estimate of drug-likeness (QED) is 0.683. The summed E-state index contributed by atoms with van der Waals surface area (Å²) in [7, 11) is 1.41. The van der Waals surface area contributed by atoms with Crippen LogP contribution in [0.4, 0.5) is 0 Å². The summed E-state index contributed by atoms with van der Waals surface area (Å²) in [5.41, 5.74) is 2.07. The molecule has 0 spiro atoms. The minimum absolute atomic E-state index is 0.210. The summed E-state index contributed by atoms with van der Waals surface area (Å²) in [5.74, 6) is -0.210. The minimum Gasteiger partial charge on any atom is -0.469 e. The van der Waals surface area contributed by atoms with Crippen LogP contribution in [0.3, 0.4) is 0 Å². The lowest BCUT2D eigenvalue weighted by atomic mass is 10.1. The van der Waals surface area contributed by atoms with Gasteiger partial charge in [-0.05, 0) is 28.7 Å². The molecular formula is C11H10INO2. The number of fused-ring (bicyclic) bond motifs is 1. The number of esters is 1. The number of benzene rings is 1. The van der Waals surface area contributed by atoms with Crippen molar-refractivity contribution in [3.8, 4) is 0 Å². The first-order valence-electron chi connectivity index (χ1n) is 4.54. The molecule has 0 bridgehead atoms. The molecule has 1 aromatic heterocycles. The van der Waals surface area contributed by atoms with Crippen LogP contribution < -0.4 is 0 Å². The number of halogens is 1. The second-order valence-corrected chi connectivity index (χ2v) is 4.29. The first-order chi connectivity index (χ1) is 7.22. The van der Waals surface area contributed by atoms with Gasteiger partial charge in [0.2, 0.25) is 0 Å². The number of carbonyl (C=O) groups is 1. The smallest absolute Gasteiger partial charge is 0.310 e. The monoisotopic (exact) mass is 315 g/mol. The molecule has 2 rings (SSSR count). The molecule has 78 valence electrons. The maximum absolute atomic E-state index is 11.2. The van der Waals surface area contributed by atoms with Gasteiger partial charge in [-0.25, -0.2) is 0 Å². The number of para-hydroxylation sites is 1. The second-order valence-electron chi connectivity index (χ2n) is 3.22. The van der Waals surface area contributed by atoms with Crippen molar-refractivity contribution in [1.82, 2.24) is 4.98 Å². The van der Waals surface area contributed by atoms with Crippen LogP contribution in [-0.4, -0.2) is 18.1 Å². The lowest BCUT2D eigenvalue weighted by molar-refractivity contribution is -0.139. The van der Waals surface area contributed by atoms with Crippen LogP contribution in [0.5, 0.6) is 0 Å². The van der Waals surface area contributed by atoms with Gasteiger partial charge in [0.25, 0.3) is 0 Å². The van der Waals surface area contributed by atoms with Crippen LogP contribution in [0.2, 0.25) is 0 Å². The Labute approximate surface area is 101 Å². The molecule has 1 N–H and O–H groups in total. The van der Waals surface area contributed by atoms with Crippen LogP contribution in [0.15, 0.2) is 24.3 Å². The number of aromatic amines is 1. The zero-order valence-electron chi connectivity index (χ0n) is 8.21. The molecule has 0 aliphatic heterocycles. The molecule has 0 atom stereocenters. The van der Waals surface area contributed by atoms with Crippen molar-refractivity contribution in [2.75, 3.05) is 7.11 Å². The summed E-state index contributed by atoms with van der Waals surface area (Å²) < 4.78 is 5.67. The van der Waals surface area contributed by atoms with Crippen LogP contribution in [0, 0.1) is 3.70 Å². The molecule has 0 fully saturated rings. The zero-order valence-corrected chi connectivity index (χ0v) is 10.4. The highest BCUT2D eigenvalue weighted by Gasteiger charge is 2.12. The number of carbonyl (C=O) groups excluding carboxylic acids is 1. The molecule has 1 aromatic carbocycles. The van der Waals surface area contributed by atoms with Gasteiger partial charge in [-0.2, -0.15) is 0 Å². The Kier molecular flexibility index (Phi) is 2.95. The molecule has 0 unspecified atom stereocenters. The standard InChI is InChI=1S/C11H10INO2/c1-15-10(14)6-8-7-4-2-3-5-9(7)13-11(8)12/h2-5,13H,6H2,1H3. The molecule has 0 radical (unpaired) electrons. The van der Waals surface area contributed by atoms with E-state index in [1.807, 2.05) is 24.3 Å². The van der Waals surface area contributed by atoms with Gasteiger partial charge in [0.05, 0.1) is 17.2 Å². The molecule has 0 amide bonds. The molecule has 4 heteroatoms. The van der Waals surface area contributed by atoms with Gasteiger partial charge < -0.3 is 9.72 Å². The normalized spacial score (nSPS) is 10.5. The van der Waals surface area contributed by atoms with E-state index >= 15 is 0 Å². The van der Waals surface area contributed by atoms with E-state index in [0.29, 0.717) is 6.42 Å². The van der Waals surface area contributed by atoms with Crippen molar-refractivity contribution in [1.29, 1.82) is 0 Å². The van der Waals surface area contributed by atoms with Gasteiger partial charge in [0, 0.05) is 16.5 Å². The van der Waals surface area contributed by atoms with E-state index in [0.717, 1.165) is 20.2 Å². The van der Waals surface area contributed by atoms with Gasteiger partial charge in [-0.3, -0.25) is 4.79 Å². The molecule has 15 heavy (non-hydrogen) atoms. The maximum Gasteiger partial charge on any atom is 0.310 e. The summed E-state index contributed by atoms with van der Waals surface area (Å²) in [5, 5.41) is 1.09. The molecule has 2 aromatic rings. The third-order valence-electron chi connectivity index (χ3n) is 2.31. The lowest BCUT2D eigenvalue weighted by Gasteiger charge is -1.98. The van der Waals surface area contributed by atoms with E-state index in [1.54, 1.807) is 0 Å². The number of hydrogen-bond donors (Lipinski definition) is 1. The number of rotatable bonds is 2. The number of H-pyrrole nitrogens is 1. The third-order valence-corrected chi connectivity index (χ3v) is 3.23. The Morgan fingerprint density at radius 3 is 2.93 bits per heavy atom. The Morgan fingerprint density at radius 1 is 1.47 bits per heavy atom. The first-order valence-corrected chi connectivity index (χ1v) is 5.62. The van der Waals surface area contributed by atoms with E-state index in [1.165, 1.54) is 7.11 Å². The molecule has 3 nitrogen and oxygen atoms in total. The summed E-state index contributed by atoms with van der Waals surface area (Å²) in [6.07, 6.45) is 0.318. The van der Waals surface area contributed by atoms with E-state index in [9.17, 15) is 4.79 Å². The predicted octanol–water partition coefficient (Wildman–Crippen LogP) is 2.49. The average Bonchev–Trinajstić information content (AvgIpc) is 2.55. The van der Waals surface area contributed by atoms with E-state index in [-0.39, 0.29) is 5.97 Å². The van der Waals surface area contributed by atoms with Gasteiger partial charge in [-0.1, -0.05) is 18.2 Å². The highest BCUT2D eigenvalue weighted by atomic mass is 127. The number of nitrogens with one attached hydrogen (secondary N) is 1. The number of methoxy groups -OCH3 is 1. The molecule has 1 heterocycles. The summed E-state index contributed by atoms with van der Waals surface area (Å²) in [4.78, 5) is 14.5. The largest absolute Gasteiger partial charge is 0.469 e. The molecule has 0 aliphatic carbocycles. The summed E-state index contributed by atoms with van der Waals surface area (Å²) >= 11 is 2.20. The first kappa shape index (κ1) is 10.5. The highest BCUT2D eigenvalue weighted by Crippen LogP contribution is 2.24. The fraction of sp³-hybridized carbons (Fsp3) is 0.182. The van der Waals surface area contributed by atoms with Gasteiger partial charge in [0.15, 0.2) is 0 Å². The van der Waals surface area contributed by atoms with Gasteiger partial charge >= 0.3 is 5.97 Å². The Bertz CT molecular complexity index is 504. The number of ether oxygens (including phenoxy) is 1. The van der Waals surface area contributed by atoms with Crippen LogP contribution in [0.1, 0.15) is 5.56 Å².